The molecule has 0 unspecified atom stereocenters. The molecule has 3 rings (SSSR count). The predicted octanol–water partition coefficient (Wildman–Crippen LogP) is 4.16. The van der Waals surface area contributed by atoms with Crippen LogP contribution < -0.4 is 5.73 Å². The third kappa shape index (κ3) is 1.68. The van der Waals surface area contributed by atoms with Gasteiger partial charge in [-0.05, 0) is 25.5 Å². The average Bonchev–Trinajstić information content (AvgIpc) is 2.66. The second-order valence-electron chi connectivity index (χ2n) is 4.43. The van der Waals surface area contributed by atoms with Crippen LogP contribution in [0, 0.1) is 13.8 Å². The summed E-state index contributed by atoms with van der Waals surface area (Å²) >= 11 is 1.71. The van der Waals surface area contributed by atoms with E-state index in [9.17, 15) is 0 Å². The standard InChI is InChI=1S/C15H14N2S/c1-9-8-12(16)14-13(10(2)18-15(14)17-9)11-6-4-3-5-7-11/h3-8H,1-2H3,(H2,16,17). The van der Waals surface area contributed by atoms with Gasteiger partial charge < -0.3 is 5.73 Å². The molecule has 0 atom stereocenters. The van der Waals surface area contributed by atoms with Crippen LogP contribution in [-0.4, -0.2) is 4.98 Å². The molecule has 0 spiro atoms. The first-order valence-corrected chi connectivity index (χ1v) is 6.70. The Morgan fingerprint density at radius 2 is 1.83 bits per heavy atom. The molecule has 0 fully saturated rings. The van der Waals surface area contributed by atoms with Crippen molar-refractivity contribution in [3.63, 3.8) is 0 Å². The summed E-state index contributed by atoms with van der Waals surface area (Å²) in [6.45, 7) is 4.11. The molecule has 2 N–H and O–H groups in total. The molecule has 2 aromatic heterocycles. The average molecular weight is 254 g/mol. The third-order valence-electron chi connectivity index (χ3n) is 3.06. The Hall–Kier alpha value is -1.87. The van der Waals surface area contributed by atoms with Crippen molar-refractivity contribution in [1.82, 2.24) is 4.98 Å². The Morgan fingerprint density at radius 1 is 1.11 bits per heavy atom. The number of benzene rings is 1. The summed E-state index contributed by atoms with van der Waals surface area (Å²) in [7, 11) is 0. The van der Waals surface area contributed by atoms with Gasteiger partial charge in [0.2, 0.25) is 0 Å². The number of nitrogen functional groups attached to an aromatic ring is 1. The van der Waals surface area contributed by atoms with Crippen molar-refractivity contribution in [2.75, 3.05) is 5.73 Å². The Labute approximate surface area is 110 Å². The van der Waals surface area contributed by atoms with Gasteiger partial charge in [0.1, 0.15) is 4.83 Å². The lowest BCUT2D eigenvalue weighted by molar-refractivity contribution is 1.27. The highest BCUT2D eigenvalue weighted by atomic mass is 32.1. The quantitative estimate of drug-likeness (QED) is 0.708. The zero-order valence-electron chi connectivity index (χ0n) is 10.4. The molecule has 2 nitrogen and oxygen atoms in total. The van der Waals surface area contributed by atoms with Crippen LogP contribution in [0.25, 0.3) is 21.3 Å². The second kappa shape index (κ2) is 4.10. The van der Waals surface area contributed by atoms with Crippen LogP contribution in [-0.2, 0) is 0 Å². The number of pyridine rings is 1. The van der Waals surface area contributed by atoms with Gasteiger partial charge in [-0.25, -0.2) is 4.98 Å². The van der Waals surface area contributed by atoms with E-state index in [0.29, 0.717) is 0 Å². The van der Waals surface area contributed by atoms with E-state index in [1.165, 1.54) is 16.0 Å². The maximum atomic E-state index is 6.18. The van der Waals surface area contributed by atoms with Crippen LogP contribution in [0.4, 0.5) is 5.69 Å². The van der Waals surface area contributed by atoms with E-state index in [4.69, 9.17) is 5.73 Å². The molecule has 18 heavy (non-hydrogen) atoms. The van der Waals surface area contributed by atoms with E-state index in [0.717, 1.165) is 21.6 Å². The molecular weight excluding hydrogens is 240 g/mol. The van der Waals surface area contributed by atoms with Crippen molar-refractivity contribution >= 4 is 27.2 Å². The van der Waals surface area contributed by atoms with Crippen molar-refractivity contribution in [3.05, 3.63) is 47.0 Å². The van der Waals surface area contributed by atoms with Gasteiger partial charge in [-0.3, -0.25) is 0 Å². The van der Waals surface area contributed by atoms with Crippen LogP contribution >= 0.6 is 11.3 Å². The van der Waals surface area contributed by atoms with E-state index in [1.807, 2.05) is 19.1 Å². The van der Waals surface area contributed by atoms with E-state index in [1.54, 1.807) is 11.3 Å². The summed E-state index contributed by atoms with van der Waals surface area (Å²) in [5.41, 5.74) is 10.4. The Morgan fingerprint density at radius 3 is 2.56 bits per heavy atom. The van der Waals surface area contributed by atoms with Crippen LogP contribution in [0.5, 0.6) is 0 Å². The van der Waals surface area contributed by atoms with E-state index in [-0.39, 0.29) is 0 Å². The molecule has 0 radical (unpaired) electrons. The summed E-state index contributed by atoms with van der Waals surface area (Å²) in [4.78, 5) is 6.88. The van der Waals surface area contributed by atoms with Crippen molar-refractivity contribution in [1.29, 1.82) is 0 Å². The summed E-state index contributed by atoms with van der Waals surface area (Å²) in [5, 5.41) is 1.09. The molecule has 0 bridgehead atoms. The molecule has 1 aromatic carbocycles. The molecule has 0 aliphatic rings. The topological polar surface area (TPSA) is 38.9 Å². The van der Waals surface area contributed by atoms with Crippen LogP contribution in [0.2, 0.25) is 0 Å². The first kappa shape index (κ1) is 11.2. The van der Waals surface area contributed by atoms with Gasteiger partial charge >= 0.3 is 0 Å². The maximum Gasteiger partial charge on any atom is 0.126 e. The minimum absolute atomic E-state index is 0.820. The van der Waals surface area contributed by atoms with E-state index < -0.39 is 0 Å². The number of nitrogens with two attached hydrogens (primary N) is 1. The van der Waals surface area contributed by atoms with Gasteiger partial charge in [0, 0.05) is 27.2 Å². The fourth-order valence-corrected chi connectivity index (χ4v) is 3.44. The largest absolute Gasteiger partial charge is 0.398 e. The third-order valence-corrected chi connectivity index (χ3v) is 4.06. The second-order valence-corrected chi connectivity index (χ2v) is 5.64. The Bertz CT molecular complexity index is 714. The molecule has 90 valence electrons. The SMILES string of the molecule is Cc1cc(N)c2c(-c3ccccc3)c(C)sc2n1. The highest BCUT2D eigenvalue weighted by Crippen LogP contribution is 2.40. The summed E-state index contributed by atoms with van der Waals surface area (Å²) in [6, 6.07) is 12.3. The highest BCUT2D eigenvalue weighted by molar-refractivity contribution is 7.19. The summed E-state index contributed by atoms with van der Waals surface area (Å²) < 4.78 is 0. The van der Waals surface area contributed by atoms with Gasteiger partial charge in [-0.1, -0.05) is 30.3 Å². The fourth-order valence-electron chi connectivity index (χ4n) is 2.32. The number of fused-ring (bicyclic) bond motifs is 1. The van der Waals surface area contributed by atoms with Crippen molar-refractivity contribution in [2.45, 2.75) is 13.8 Å². The normalized spacial score (nSPS) is 11.0. The molecule has 0 amide bonds. The van der Waals surface area contributed by atoms with Gasteiger partial charge in [0.25, 0.3) is 0 Å². The molecular formula is C15H14N2S. The lowest BCUT2D eigenvalue weighted by atomic mass is 10.0. The van der Waals surface area contributed by atoms with Gasteiger partial charge in [-0.15, -0.1) is 11.3 Å². The minimum atomic E-state index is 0.820. The smallest absolute Gasteiger partial charge is 0.126 e. The summed E-state index contributed by atoms with van der Waals surface area (Å²) in [6.07, 6.45) is 0. The maximum absolute atomic E-state index is 6.18. The fraction of sp³-hybridized carbons (Fsp3) is 0.133. The zero-order chi connectivity index (χ0) is 12.7. The summed E-state index contributed by atoms with van der Waals surface area (Å²) in [5.74, 6) is 0. The highest BCUT2D eigenvalue weighted by Gasteiger charge is 2.14. The van der Waals surface area contributed by atoms with Gasteiger partial charge in [0.05, 0.1) is 0 Å². The number of hydrogen-bond donors (Lipinski definition) is 1. The molecule has 0 aliphatic heterocycles. The van der Waals surface area contributed by atoms with E-state index >= 15 is 0 Å². The van der Waals surface area contributed by atoms with E-state index in [2.05, 4.69) is 36.2 Å². The first-order valence-electron chi connectivity index (χ1n) is 5.88. The lowest BCUT2D eigenvalue weighted by Crippen LogP contribution is -1.90. The molecule has 3 aromatic rings. The van der Waals surface area contributed by atoms with Crippen LogP contribution in [0.15, 0.2) is 36.4 Å². The molecule has 0 saturated heterocycles. The number of nitrogens with zero attached hydrogens (tertiary/aromatic N) is 1. The lowest BCUT2D eigenvalue weighted by Gasteiger charge is -2.04. The zero-order valence-corrected chi connectivity index (χ0v) is 11.2. The first-order chi connectivity index (χ1) is 8.66. The number of hydrogen-bond acceptors (Lipinski definition) is 3. The number of thiophene rings is 1. The van der Waals surface area contributed by atoms with Crippen LogP contribution in [0.3, 0.4) is 0 Å². The number of rotatable bonds is 1. The van der Waals surface area contributed by atoms with Gasteiger partial charge in [0.15, 0.2) is 0 Å². The predicted molar refractivity (Wildman–Crippen MR) is 78.9 cm³/mol. The minimum Gasteiger partial charge on any atom is -0.398 e. The Kier molecular flexibility index (Phi) is 2.56. The molecule has 0 saturated carbocycles. The Balaban J connectivity index is 2.40. The van der Waals surface area contributed by atoms with Crippen molar-refractivity contribution in [3.8, 4) is 11.1 Å². The molecule has 0 aliphatic carbocycles. The van der Waals surface area contributed by atoms with Crippen molar-refractivity contribution < 1.29 is 0 Å². The monoisotopic (exact) mass is 254 g/mol. The molecule has 2 heterocycles. The van der Waals surface area contributed by atoms with Crippen molar-refractivity contribution in [2.24, 2.45) is 0 Å². The number of aryl methyl sites for hydroxylation is 2. The van der Waals surface area contributed by atoms with Crippen LogP contribution in [0.1, 0.15) is 10.6 Å². The van der Waals surface area contributed by atoms with Gasteiger partial charge in [-0.2, -0.15) is 0 Å². The number of anilines is 1. The number of aromatic nitrogens is 1. The molecule has 3 heteroatoms.